The van der Waals surface area contributed by atoms with Crippen LogP contribution in [0.1, 0.15) is 17.3 Å². The predicted molar refractivity (Wildman–Crippen MR) is 57.7 cm³/mol. The summed E-state index contributed by atoms with van der Waals surface area (Å²) in [5.41, 5.74) is 0.823. The van der Waals surface area contributed by atoms with E-state index in [1.54, 1.807) is 11.3 Å². The van der Waals surface area contributed by atoms with Crippen LogP contribution in [0.5, 0.6) is 0 Å². The van der Waals surface area contributed by atoms with Crippen molar-refractivity contribution in [2.24, 2.45) is 0 Å². The minimum Gasteiger partial charge on any atom is -0.333 e. The minimum atomic E-state index is 0.167. The van der Waals surface area contributed by atoms with Crippen molar-refractivity contribution in [3.05, 3.63) is 22.4 Å². The van der Waals surface area contributed by atoms with Gasteiger partial charge in [-0.15, -0.1) is 0 Å². The number of amides is 1. The van der Waals surface area contributed by atoms with Gasteiger partial charge >= 0.3 is 0 Å². The summed E-state index contributed by atoms with van der Waals surface area (Å²) in [5.74, 6) is 0.167. The molecule has 0 aromatic carbocycles. The summed E-state index contributed by atoms with van der Waals surface area (Å²) in [6, 6.07) is 2.19. The molecule has 0 spiro atoms. The summed E-state index contributed by atoms with van der Waals surface area (Å²) in [5, 5.41) is 7.13. The summed E-state index contributed by atoms with van der Waals surface area (Å²) in [6.45, 7) is 4.70. The zero-order valence-corrected chi connectivity index (χ0v) is 9.01. The molecule has 2 rings (SSSR count). The van der Waals surface area contributed by atoms with Crippen LogP contribution < -0.4 is 5.32 Å². The lowest BCUT2D eigenvalue weighted by Gasteiger charge is -2.33. The Kier molecular flexibility index (Phi) is 2.84. The van der Waals surface area contributed by atoms with Crippen molar-refractivity contribution < 1.29 is 4.79 Å². The average Bonchev–Trinajstić information content (AvgIpc) is 2.70. The fourth-order valence-corrected chi connectivity index (χ4v) is 2.32. The fourth-order valence-electron chi connectivity index (χ4n) is 1.69. The van der Waals surface area contributed by atoms with Crippen LogP contribution in [0, 0.1) is 0 Å². The maximum Gasteiger partial charge on any atom is 0.255 e. The van der Waals surface area contributed by atoms with Crippen molar-refractivity contribution in [3.8, 4) is 0 Å². The third-order valence-corrected chi connectivity index (χ3v) is 3.21. The highest BCUT2D eigenvalue weighted by molar-refractivity contribution is 7.08. The molecule has 0 bridgehead atoms. The van der Waals surface area contributed by atoms with E-state index in [0.29, 0.717) is 6.04 Å². The molecule has 4 heteroatoms. The van der Waals surface area contributed by atoms with E-state index in [-0.39, 0.29) is 5.91 Å². The molecule has 1 fully saturated rings. The highest BCUT2D eigenvalue weighted by Gasteiger charge is 2.23. The Bertz CT molecular complexity index is 310. The molecule has 0 aliphatic carbocycles. The van der Waals surface area contributed by atoms with Crippen LogP contribution in [0.25, 0.3) is 0 Å². The van der Waals surface area contributed by atoms with Gasteiger partial charge in [-0.05, 0) is 18.4 Å². The van der Waals surface area contributed by atoms with Crippen LogP contribution in [0.3, 0.4) is 0 Å². The zero-order chi connectivity index (χ0) is 9.97. The normalized spacial score (nSPS) is 22.4. The van der Waals surface area contributed by atoms with Gasteiger partial charge in [-0.1, -0.05) is 0 Å². The van der Waals surface area contributed by atoms with Gasteiger partial charge < -0.3 is 10.2 Å². The van der Waals surface area contributed by atoms with Gasteiger partial charge in [0.15, 0.2) is 0 Å². The quantitative estimate of drug-likeness (QED) is 0.755. The van der Waals surface area contributed by atoms with Crippen molar-refractivity contribution in [2.45, 2.75) is 13.0 Å². The molecule has 0 radical (unpaired) electrons. The van der Waals surface area contributed by atoms with E-state index in [1.165, 1.54) is 0 Å². The molecule has 1 aromatic heterocycles. The lowest BCUT2D eigenvalue weighted by atomic mass is 10.2. The number of thiophene rings is 1. The summed E-state index contributed by atoms with van der Waals surface area (Å²) < 4.78 is 0. The van der Waals surface area contributed by atoms with Crippen LogP contribution >= 0.6 is 11.3 Å². The lowest BCUT2D eigenvalue weighted by Crippen LogP contribution is -2.52. The number of nitrogens with one attached hydrogen (secondary N) is 1. The Balaban J connectivity index is 2.10. The first-order valence-electron chi connectivity index (χ1n) is 4.83. The molecule has 1 saturated heterocycles. The van der Waals surface area contributed by atoms with Crippen molar-refractivity contribution in [1.29, 1.82) is 0 Å². The summed E-state index contributed by atoms with van der Waals surface area (Å²) >= 11 is 1.57. The van der Waals surface area contributed by atoms with E-state index in [0.717, 1.165) is 25.2 Å². The van der Waals surface area contributed by atoms with Gasteiger partial charge in [0.2, 0.25) is 0 Å². The van der Waals surface area contributed by atoms with Crippen LogP contribution in [0.15, 0.2) is 16.8 Å². The number of rotatable bonds is 1. The highest BCUT2D eigenvalue weighted by Crippen LogP contribution is 2.12. The molecule has 0 unspecified atom stereocenters. The Morgan fingerprint density at radius 2 is 2.57 bits per heavy atom. The average molecular weight is 210 g/mol. The van der Waals surface area contributed by atoms with Crippen LogP contribution in [0.4, 0.5) is 0 Å². The number of piperazine rings is 1. The van der Waals surface area contributed by atoms with Crippen LogP contribution in [-0.4, -0.2) is 36.5 Å². The van der Waals surface area contributed by atoms with Gasteiger partial charge in [0.05, 0.1) is 5.56 Å². The molecular weight excluding hydrogens is 196 g/mol. The minimum absolute atomic E-state index is 0.167. The predicted octanol–water partition coefficient (Wildman–Crippen LogP) is 1.18. The SMILES string of the molecule is C[C@@H]1CNCCN1C(=O)c1ccsc1. The molecule has 1 aliphatic rings. The van der Waals surface area contributed by atoms with Gasteiger partial charge in [0.25, 0.3) is 5.91 Å². The molecule has 2 heterocycles. The Morgan fingerprint density at radius 1 is 1.71 bits per heavy atom. The molecule has 1 aliphatic heterocycles. The number of hydrogen-bond acceptors (Lipinski definition) is 3. The molecule has 1 N–H and O–H groups in total. The van der Waals surface area contributed by atoms with Crippen molar-refractivity contribution in [1.82, 2.24) is 10.2 Å². The Morgan fingerprint density at radius 3 is 3.21 bits per heavy atom. The molecule has 0 saturated carbocycles. The molecule has 14 heavy (non-hydrogen) atoms. The Labute approximate surface area is 87.7 Å². The molecular formula is C10H14N2OS. The maximum atomic E-state index is 12.0. The van der Waals surface area contributed by atoms with E-state index in [9.17, 15) is 4.79 Å². The number of nitrogens with zero attached hydrogens (tertiary/aromatic N) is 1. The van der Waals surface area contributed by atoms with Crippen LogP contribution in [-0.2, 0) is 0 Å². The summed E-state index contributed by atoms with van der Waals surface area (Å²) in [4.78, 5) is 13.9. The standard InChI is InChI=1S/C10H14N2OS/c1-8-6-11-3-4-12(8)10(13)9-2-5-14-7-9/h2,5,7-8,11H,3-4,6H2,1H3/t8-/m1/s1. The van der Waals surface area contributed by atoms with Crippen molar-refractivity contribution >= 4 is 17.2 Å². The topological polar surface area (TPSA) is 32.3 Å². The van der Waals surface area contributed by atoms with Gasteiger partial charge in [0.1, 0.15) is 0 Å². The molecule has 76 valence electrons. The number of carbonyl (C=O) groups is 1. The molecule has 3 nitrogen and oxygen atoms in total. The van der Waals surface area contributed by atoms with Crippen molar-refractivity contribution in [2.75, 3.05) is 19.6 Å². The molecule has 1 atom stereocenters. The fraction of sp³-hybridized carbons (Fsp3) is 0.500. The van der Waals surface area contributed by atoms with Gasteiger partial charge in [-0.2, -0.15) is 11.3 Å². The third kappa shape index (κ3) is 1.81. The smallest absolute Gasteiger partial charge is 0.255 e. The summed E-state index contributed by atoms with van der Waals surface area (Å²) in [6.07, 6.45) is 0. The summed E-state index contributed by atoms with van der Waals surface area (Å²) in [7, 11) is 0. The molecule has 1 amide bonds. The first-order valence-corrected chi connectivity index (χ1v) is 5.77. The van der Waals surface area contributed by atoms with Gasteiger partial charge in [-0.3, -0.25) is 4.79 Å². The largest absolute Gasteiger partial charge is 0.333 e. The van der Waals surface area contributed by atoms with E-state index in [2.05, 4.69) is 12.2 Å². The maximum absolute atomic E-state index is 12.0. The Hall–Kier alpha value is -0.870. The monoisotopic (exact) mass is 210 g/mol. The van der Waals surface area contributed by atoms with E-state index in [4.69, 9.17) is 0 Å². The highest BCUT2D eigenvalue weighted by atomic mass is 32.1. The van der Waals surface area contributed by atoms with Gasteiger partial charge in [-0.25, -0.2) is 0 Å². The second kappa shape index (κ2) is 4.11. The second-order valence-corrected chi connectivity index (χ2v) is 4.34. The first kappa shape index (κ1) is 9.68. The number of carbonyl (C=O) groups excluding carboxylic acids is 1. The zero-order valence-electron chi connectivity index (χ0n) is 8.19. The van der Waals surface area contributed by atoms with Crippen LogP contribution in [0.2, 0.25) is 0 Å². The van der Waals surface area contributed by atoms with Gasteiger partial charge in [0, 0.05) is 31.1 Å². The van der Waals surface area contributed by atoms with Crippen molar-refractivity contribution in [3.63, 3.8) is 0 Å². The lowest BCUT2D eigenvalue weighted by molar-refractivity contribution is 0.0656. The first-order chi connectivity index (χ1) is 6.79. The van der Waals surface area contributed by atoms with E-state index >= 15 is 0 Å². The van der Waals surface area contributed by atoms with E-state index < -0.39 is 0 Å². The van der Waals surface area contributed by atoms with E-state index in [1.807, 2.05) is 21.7 Å². The molecule has 1 aromatic rings. The number of hydrogen-bond donors (Lipinski definition) is 1. The third-order valence-electron chi connectivity index (χ3n) is 2.53. The second-order valence-electron chi connectivity index (χ2n) is 3.56.